The largest absolute Gasteiger partial charge is 0.497 e. The standard InChI is InChI=1S/C11H8O4/c1-14-8-3-2-7-4-9(6-12)15-11(13)10(7)5-8/h2-6H,1H3. The Bertz CT molecular complexity index is 568. The normalized spacial score (nSPS) is 10.2. The zero-order chi connectivity index (χ0) is 10.8. The smallest absolute Gasteiger partial charge is 0.344 e. The maximum Gasteiger partial charge on any atom is 0.344 e. The maximum atomic E-state index is 11.4. The topological polar surface area (TPSA) is 56.5 Å². The highest BCUT2D eigenvalue weighted by atomic mass is 16.5. The number of hydrogen-bond acceptors (Lipinski definition) is 4. The van der Waals surface area contributed by atoms with E-state index in [0.29, 0.717) is 22.8 Å². The molecule has 4 heteroatoms. The van der Waals surface area contributed by atoms with Crippen molar-refractivity contribution in [1.29, 1.82) is 0 Å². The second-order valence-corrected chi connectivity index (χ2v) is 3.01. The van der Waals surface area contributed by atoms with E-state index in [2.05, 4.69) is 0 Å². The van der Waals surface area contributed by atoms with Crippen LogP contribution in [0.5, 0.6) is 5.75 Å². The third kappa shape index (κ3) is 1.61. The number of rotatable bonds is 2. The number of carbonyl (C=O) groups is 1. The summed E-state index contributed by atoms with van der Waals surface area (Å²) < 4.78 is 9.74. The summed E-state index contributed by atoms with van der Waals surface area (Å²) in [5, 5.41) is 1.06. The van der Waals surface area contributed by atoms with Crippen molar-refractivity contribution in [2.45, 2.75) is 0 Å². The molecular weight excluding hydrogens is 196 g/mol. The van der Waals surface area contributed by atoms with Crippen molar-refractivity contribution in [3.8, 4) is 5.75 Å². The molecule has 0 fully saturated rings. The van der Waals surface area contributed by atoms with Gasteiger partial charge in [-0.05, 0) is 23.6 Å². The molecule has 0 atom stereocenters. The molecule has 0 spiro atoms. The first-order valence-corrected chi connectivity index (χ1v) is 4.31. The van der Waals surface area contributed by atoms with Crippen LogP contribution in [-0.4, -0.2) is 13.4 Å². The van der Waals surface area contributed by atoms with Crippen LogP contribution in [0, 0.1) is 0 Å². The Labute approximate surface area is 85.1 Å². The first-order chi connectivity index (χ1) is 7.24. The second kappa shape index (κ2) is 3.57. The minimum atomic E-state index is -0.534. The zero-order valence-corrected chi connectivity index (χ0v) is 8.02. The number of aldehydes is 1. The monoisotopic (exact) mass is 204 g/mol. The van der Waals surface area contributed by atoms with Crippen molar-refractivity contribution in [3.05, 3.63) is 40.4 Å². The summed E-state index contributed by atoms with van der Waals surface area (Å²) >= 11 is 0. The Balaban J connectivity index is 2.79. The highest BCUT2D eigenvalue weighted by Crippen LogP contribution is 2.18. The molecule has 1 aromatic carbocycles. The van der Waals surface area contributed by atoms with Crippen LogP contribution in [0.2, 0.25) is 0 Å². The summed E-state index contributed by atoms with van der Waals surface area (Å²) in [5.74, 6) is 0.603. The van der Waals surface area contributed by atoms with E-state index < -0.39 is 5.63 Å². The van der Waals surface area contributed by atoms with Crippen LogP contribution in [0.25, 0.3) is 10.8 Å². The van der Waals surface area contributed by atoms with E-state index in [-0.39, 0.29) is 5.76 Å². The molecule has 1 heterocycles. The molecule has 0 saturated carbocycles. The van der Waals surface area contributed by atoms with Gasteiger partial charge in [0.2, 0.25) is 0 Å². The van der Waals surface area contributed by atoms with Crippen LogP contribution < -0.4 is 10.4 Å². The first-order valence-electron chi connectivity index (χ1n) is 4.31. The van der Waals surface area contributed by atoms with Gasteiger partial charge in [-0.1, -0.05) is 6.07 Å². The second-order valence-electron chi connectivity index (χ2n) is 3.01. The third-order valence-electron chi connectivity index (χ3n) is 2.10. The lowest BCUT2D eigenvalue weighted by atomic mass is 10.1. The van der Waals surface area contributed by atoms with Crippen LogP contribution >= 0.6 is 0 Å². The van der Waals surface area contributed by atoms with Crippen LogP contribution in [0.15, 0.2) is 33.5 Å². The molecule has 0 bridgehead atoms. The summed E-state index contributed by atoms with van der Waals surface area (Å²) in [7, 11) is 1.52. The molecule has 4 nitrogen and oxygen atoms in total. The Hall–Kier alpha value is -2.10. The number of carbonyl (C=O) groups excluding carboxylic acids is 1. The van der Waals surface area contributed by atoms with Crippen molar-refractivity contribution >= 4 is 17.1 Å². The number of ether oxygens (including phenoxy) is 1. The molecule has 0 saturated heterocycles. The minimum Gasteiger partial charge on any atom is -0.497 e. The lowest BCUT2D eigenvalue weighted by molar-refractivity contribution is 0.109. The van der Waals surface area contributed by atoms with Gasteiger partial charge in [0.15, 0.2) is 12.0 Å². The van der Waals surface area contributed by atoms with E-state index in [1.54, 1.807) is 18.2 Å². The van der Waals surface area contributed by atoms with Gasteiger partial charge in [0.1, 0.15) is 5.75 Å². The Kier molecular flexibility index (Phi) is 2.25. The van der Waals surface area contributed by atoms with E-state index in [4.69, 9.17) is 9.15 Å². The van der Waals surface area contributed by atoms with E-state index in [0.717, 1.165) is 0 Å². The van der Waals surface area contributed by atoms with Crippen molar-refractivity contribution in [2.75, 3.05) is 7.11 Å². The average molecular weight is 204 g/mol. The predicted octanol–water partition coefficient (Wildman–Crippen LogP) is 1.61. The molecule has 1 aromatic heterocycles. The van der Waals surface area contributed by atoms with Gasteiger partial charge >= 0.3 is 5.63 Å². The van der Waals surface area contributed by atoms with Crippen LogP contribution in [0.4, 0.5) is 0 Å². The quantitative estimate of drug-likeness (QED) is 0.697. The predicted molar refractivity (Wildman–Crippen MR) is 54.4 cm³/mol. The SMILES string of the molecule is COc1ccc2cc(C=O)oc(=O)c2c1. The molecule has 76 valence electrons. The third-order valence-corrected chi connectivity index (χ3v) is 2.10. The zero-order valence-electron chi connectivity index (χ0n) is 8.02. The van der Waals surface area contributed by atoms with Gasteiger partial charge in [-0.2, -0.15) is 0 Å². The van der Waals surface area contributed by atoms with Crippen molar-refractivity contribution in [1.82, 2.24) is 0 Å². The van der Waals surface area contributed by atoms with Gasteiger partial charge in [-0.3, -0.25) is 4.79 Å². The molecule has 0 aliphatic rings. The highest BCUT2D eigenvalue weighted by Gasteiger charge is 2.04. The Morgan fingerprint density at radius 3 is 2.80 bits per heavy atom. The van der Waals surface area contributed by atoms with Gasteiger partial charge in [0.05, 0.1) is 12.5 Å². The van der Waals surface area contributed by atoms with Crippen molar-refractivity contribution in [3.63, 3.8) is 0 Å². The summed E-state index contributed by atoms with van der Waals surface area (Å²) in [6, 6.07) is 6.52. The summed E-state index contributed by atoms with van der Waals surface area (Å²) in [6.45, 7) is 0. The summed E-state index contributed by atoms with van der Waals surface area (Å²) in [4.78, 5) is 21.9. The molecular formula is C11H8O4. The lowest BCUT2D eigenvalue weighted by Gasteiger charge is -2.01. The van der Waals surface area contributed by atoms with Gasteiger partial charge in [-0.15, -0.1) is 0 Å². The fourth-order valence-electron chi connectivity index (χ4n) is 1.37. The molecule has 0 radical (unpaired) electrons. The maximum absolute atomic E-state index is 11.4. The molecule has 0 amide bonds. The number of methoxy groups -OCH3 is 1. The molecule has 0 unspecified atom stereocenters. The average Bonchev–Trinajstić information content (AvgIpc) is 2.28. The van der Waals surface area contributed by atoms with E-state index in [1.807, 2.05) is 0 Å². The molecule has 15 heavy (non-hydrogen) atoms. The number of benzene rings is 1. The summed E-state index contributed by atoms with van der Waals surface area (Å²) in [6.07, 6.45) is 0.505. The van der Waals surface area contributed by atoms with Crippen LogP contribution in [0.3, 0.4) is 0 Å². The molecule has 0 N–H and O–H groups in total. The van der Waals surface area contributed by atoms with Crippen LogP contribution in [0.1, 0.15) is 10.6 Å². The molecule has 0 aliphatic heterocycles. The highest BCUT2D eigenvalue weighted by molar-refractivity contribution is 5.86. The van der Waals surface area contributed by atoms with Crippen molar-refractivity contribution in [2.24, 2.45) is 0 Å². The minimum absolute atomic E-state index is 0.0256. The molecule has 0 aliphatic carbocycles. The van der Waals surface area contributed by atoms with E-state index in [9.17, 15) is 9.59 Å². The first kappa shape index (κ1) is 9.45. The van der Waals surface area contributed by atoms with E-state index >= 15 is 0 Å². The van der Waals surface area contributed by atoms with Gasteiger partial charge < -0.3 is 9.15 Å². The van der Waals surface area contributed by atoms with Crippen molar-refractivity contribution < 1.29 is 13.9 Å². The fraction of sp³-hybridized carbons (Fsp3) is 0.0909. The molecule has 2 aromatic rings. The van der Waals surface area contributed by atoms with Crippen LogP contribution in [-0.2, 0) is 0 Å². The molecule has 2 rings (SSSR count). The van der Waals surface area contributed by atoms with E-state index in [1.165, 1.54) is 13.2 Å². The number of fused-ring (bicyclic) bond motifs is 1. The summed E-state index contributed by atoms with van der Waals surface area (Å²) in [5.41, 5.74) is -0.534. The van der Waals surface area contributed by atoms with Gasteiger partial charge in [0, 0.05) is 0 Å². The Morgan fingerprint density at radius 1 is 1.33 bits per heavy atom. The Morgan fingerprint density at radius 2 is 2.13 bits per heavy atom. The van der Waals surface area contributed by atoms with Gasteiger partial charge in [-0.25, -0.2) is 4.79 Å². The van der Waals surface area contributed by atoms with Gasteiger partial charge in [0.25, 0.3) is 0 Å². The number of hydrogen-bond donors (Lipinski definition) is 0. The fourth-order valence-corrected chi connectivity index (χ4v) is 1.37. The lowest BCUT2D eigenvalue weighted by Crippen LogP contribution is -2.01.